The molecule has 3 atom stereocenters. The van der Waals surface area contributed by atoms with E-state index in [9.17, 15) is 14.4 Å². The Morgan fingerprint density at radius 3 is 2.93 bits per heavy atom. The highest BCUT2D eigenvalue weighted by atomic mass is 35.5. The molecule has 0 aliphatic carbocycles. The van der Waals surface area contributed by atoms with Crippen molar-refractivity contribution in [2.45, 2.75) is 25.4 Å². The quantitative estimate of drug-likeness (QED) is 0.353. The number of nitrogens with zero attached hydrogens (tertiary/aromatic N) is 7. The molecule has 7 rings (SSSR count). The maximum Gasteiger partial charge on any atom is 0.318 e. The summed E-state index contributed by atoms with van der Waals surface area (Å²) in [6.45, 7) is 9.89. The Kier molecular flexibility index (Phi) is 8.21. The summed E-state index contributed by atoms with van der Waals surface area (Å²) in [4.78, 5) is 31.0. The highest BCUT2D eigenvalue weighted by Crippen LogP contribution is 2.42. The first-order valence-electron chi connectivity index (χ1n) is 15.8. The number of anilines is 2. The minimum atomic E-state index is -0.452. The molecule has 0 saturated carbocycles. The zero-order valence-corrected chi connectivity index (χ0v) is 26.7. The van der Waals surface area contributed by atoms with Crippen LogP contribution in [-0.4, -0.2) is 97.9 Å². The monoisotopic (exact) mass is 645 g/mol. The van der Waals surface area contributed by atoms with Gasteiger partial charge in [0.05, 0.1) is 49.0 Å². The van der Waals surface area contributed by atoms with Gasteiger partial charge < -0.3 is 29.1 Å². The first-order chi connectivity index (χ1) is 22.3. The number of hydrogen-bond donors (Lipinski definition) is 0. The van der Waals surface area contributed by atoms with E-state index in [0.717, 1.165) is 47.8 Å². The molecule has 12 heteroatoms. The number of aromatic nitrogens is 2. The van der Waals surface area contributed by atoms with Gasteiger partial charge in [0.2, 0.25) is 5.91 Å². The second kappa shape index (κ2) is 12.3. The fourth-order valence-electron chi connectivity index (χ4n) is 7.72. The third-order valence-corrected chi connectivity index (χ3v) is 10.4. The van der Waals surface area contributed by atoms with Gasteiger partial charge in [0, 0.05) is 67.2 Å². The van der Waals surface area contributed by atoms with Crippen LogP contribution in [0.4, 0.5) is 15.9 Å². The van der Waals surface area contributed by atoms with Crippen LogP contribution in [0.2, 0.25) is 5.02 Å². The summed E-state index contributed by atoms with van der Waals surface area (Å²) >= 11 is 6.52. The molecule has 4 aliphatic rings. The number of amides is 1. The number of benzene rings is 2. The molecule has 4 aliphatic heterocycles. The van der Waals surface area contributed by atoms with E-state index < -0.39 is 5.82 Å². The maximum atomic E-state index is 14.6. The molecule has 3 fully saturated rings. The lowest BCUT2D eigenvalue weighted by Crippen LogP contribution is -2.55. The highest BCUT2D eigenvalue weighted by Gasteiger charge is 2.50. The summed E-state index contributed by atoms with van der Waals surface area (Å²) in [7, 11) is 2.13. The predicted molar refractivity (Wildman–Crippen MR) is 174 cm³/mol. The number of hydrogen-bond acceptors (Lipinski definition) is 9. The van der Waals surface area contributed by atoms with Gasteiger partial charge in [0.25, 0.3) is 0 Å². The summed E-state index contributed by atoms with van der Waals surface area (Å²) in [6, 6.07) is 11.2. The van der Waals surface area contributed by atoms with E-state index in [4.69, 9.17) is 31.0 Å². The van der Waals surface area contributed by atoms with Crippen LogP contribution < -0.4 is 14.5 Å². The van der Waals surface area contributed by atoms with Crippen LogP contribution >= 0.6 is 11.6 Å². The smallest absolute Gasteiger partial charge is 0.318 e. The van der Waals surface area contributed by atoms with Gasteiger partial charge in [0.15, 0.2) is 0 Å². The van der Waals surface area contributed by atoms with Gasteiger partial charge in [-0.15, -0.1) is 0 Å². The second-order valence-corrected chi connectivity index (χ2v) is 13.3. The summed E-state index contributed by atoms with van der Waals surface area (Å²) in [6.07, 6.45) is 2.16. The number of piperazine rings is 1. The molecular weight excluding hydrogens is 609 g/mol. The van der Waals surface area contributed by atoms with Gasteiger partial charge in [0.1, 0.15) is 18.2 Å². The van der Waals surface area contributed by atoms with Crippen molar-refractivity contribution >= 4 is 39.8 Å². The number of likely N-dealkylation sites (tertiary alicyclic amines) is 1. The molecule has 0 bridgehead atoms. The fourth-order valence-corrected chi connectivity index (χ4v) is 7.99. The average molecular weight is 646 g/mol. The number of fused-ring (bicyclic) bond motifs is 3. The first kappa shape index (κ1) is 30.7. The van der Waals surface area contributed by atoms with Crippen molar-refractivity contribution in [1.82, 2.24) is 19.8 Å². The van der Waals surface area contributed by atoms with Gasteiger partial charge >= 0.3 is 6.01 Å². The van der Waals surface area contributed by atoms with Gasteiger partial charge in [-0.2, -0.15) is 15.2 Å². The summed E-state index contributed by atoms with van der Waals surface area (Å²) in [5.41, 5.74) is 2.58. The molecule has 240 valence electrons. The number of halogens is 2. The summed E-state index contributed by atoms with van der Waals surface area (Å²) < 4.78 is 27.0. The zero-order valence-electron chi connectivity index (χ0n) is 25.9. The minimum absolute atomic E-state index is 0.107. The topological polar surface area (TPSA) is 98.1 Å². The SMILES string of the molecule is C=CC(=O)N1CCN(c2nc(OCC34COCC3CN(C)C4)nc3c2CCN(c2cccc4ccc(F)c(Cl)c24)C3)C[C@@H]1CC#N. The van der Waals surface area contributed by atoms with E-state index in [1.807, 2.05) is 18.2 Å². The Morgan fingerprint density at radius 2 is 2.11 bits per heavy atom. The molecule has 0 N–H and O–H groups in total. The van der Waals surface area contributed by atoms with Crippen LogP contribution in [0.25, 0.3) is 10.8 Å². The molecule has 0 radical (unpaired) electrons. The van der Waals surface area contributed by atoms with Gasteiger partial charge in [-0.25, -0.2) is 4.39 Å². The van der Waals surface area contributed by atoms with Crippen LogP contribution in [-0.2, 0) is 22.5 Å². The number of ether oxygens (including phenoxy) is 2. The van der Waals surface area contributed by atoms with E-state index >= 15 is 0 Å². The molecule has 1 aromatic heterocycles. The van der Waals surface area contributed by atoms with Gasteiger partial charge in [-0.1, -0.05) is 36.4 Å². The fraction of sp³-hybridized carbons (Fsp3) is 0.471. The third kappa shape index (κ3) is 5.42. The Balaban J connectivity index is 1.24. The van der Waals surface area contributed by atoms with Crippen molar-refractivity contribution in [2.75, 3.05) is 75.9 Å². The average Bonchev–Trinajstić information content (AvgIpc) is 3.60. The Hall–Kier alpha value is -3.98. The first-order valence-corrected chi connectivity index (χ1v) is 16.1. The lowest BCUT2D eigenvalue weighted by atomic mass is 9.82. The molecule has 10 nitrogen and oxygen atoms in total. The third-order valence-electron chi connectivity index (χ3n) is 10.0. The van der Waals surface area contributed by atoms with E-state index in [1.165, 1.54) is 12.1 Å². The van der Waals surface area contributed by atoms with Crippen LogP contribution in [0, 0.1) is 28.5 Å². The lowest BCUT2D eigenvalue weighted by Gasteiger charge is -2.42. The van der Waals surface area contributed by atoms with Gasteiger partial charge in [-0.3, -0.25) is 4.79 Å². The second-order valence-electron chi connectivity index (χ2n) is 12.9. The molecule has 46 heavy (non-hydrogen) atoms. The highest BCUT2D eigenvalue weighted by molar-refractivity contribution is 6.36. The van der Waals surface area contributed by atoms with Crippen molar-refractivity contribution in [3.05, 3.63) is 65.1 Å². The zero-order chi connectivity index (χ0) is 32.0. The van der Waals surface area contributed by atoms with E-state index in [-0.39, 0.29) is 28.8 Å². The minimum Gasteiger partial charge on any atom is -0.463 e. The molecule has 2 aromatic carbocycles. The van der Waals surface area contributed by atoms with E-state index in [1.54, 1.807) is 11.0 Å². The van der Waals surface area contributed by atoms with Crippen molar-refractivity contribution < 1.29 is 18.7 Å². The molecule has 3 saturated heterocycles. The Labute approximate surface area is 272 Å². The van der Waals surface area contributed by atoms with E-state index in [0.29, 0.717) is 69.7 Å². The number of carbonyl (C=O) groups excluding carboxylic acids is 1. The molecule has 2 unspecified atom stereocenters. The number of carbonyl (C=O) groups is 1. The summed E-state index contributed by atoms with van der Waals surface area (Å²) in [5.74, 6) is 0.536. The van der Waals surface area contributed by atoms with Gasteiger partial charge in [-0.05, 0) is 37.1 Å². The lowest BCUT2D eigenvalue weighted by molar-refractivity contribution is -0.128. The standard InChI is InChI=1S/C34H37ClFN7O3/c1-3-29(44)43-14-13-42(16-24(43)9-11-37)32-25-10-12-41(28-6-4-5-22-7-8-26(36)31(35)30(22)28)17-27(25)38-33(39-32)46-21-34-19-40(2)15-23(34)18-45-20-34/h3-8,23-24H,1,9-10,12-21H2,2H3/t23?,24-,34?/m0/s1. The van der Waals surface area contributed by atoms with Crippen molar-refractivity contribution in [2.24, 2.45) is 11.3 Å². The molecule has 5 heterocycles. The Bertz CT molecular complexity index is 1730. The van der Waals surface area contributed by atoms with E-state index in [2.05, 4.69) is 34.4 Å². The maximum absolute atomic E-state index is 14.6. The van der Waals surface area contributed by atoms with Crippen LogP contribution in [0.15, 0.2) is 43.0 Å². The normalized spacial score (nSPS) is 24.5. The number of nitriles is 1. The van der Waals surface area contributed by atoms with Crippen molar-refractivity contribution in [3.8, 4) is 12.1 Å². The molecule has 3 aromatic rings. The predicted octanol–water partition coefficient (Wildman–Crippen LogP) is 4.06. The van der Waals surface area contributed by atoms with Crippen LogP contribution in [0.1, 0.15) is 17.7 Å². The molecule has 1 amide bonds. The van der Waals surface area contributed by atoms with Crippen LogP contribution in [0.3, 0.4) is 0 Å². The molecular formula is C34H37ClFN7O3. The number of rotatable bonds is 7. The van der Waals surface area contributed by atoms with Crippen molar-refractivity contribution in [3.63, 3.8) is 0 Å². The largest absolute Gasteiger partial charge is 0.463 e. The van der Waals surface area contributed by atoms with Crippen LogP contribution in [0.5, 0.6) is 6.01 Å². The Morgan fingerprint density at radius 1 is 1.24 bits per heavy atom. The summed E-state index contributed by atoms with van der Waals surface area (Å²) in [5, 5.41) is 11.2. The van der Waals surface area contributed by atoms with Crippen molar-refractivity contribution in [1.29, 1.82) is 5.26 Å². The molecule has 0 spiro atoms.